The van der Waals surface area contributed by atoms with Crippen LogP contribution in [-0.2, 0) is 13.5 Å². The number of benzene rings is 1. The summed E-state index contributed by atoms with van der Waals surface area (Å²) < 4.78 is 2.74. The normalized spacial score (nSPS) is 10.6. The first kappa shape index (κ1) is 15.8. The fourth-order valence-corrected chi connectivity index (χ4v) is 2.80. The van der Waals surface area contributed by atoms with Gasteiger partial charge in [-0.05, 0) is 34.0 Å². The van der Waals surface area contributed by atoms with E-state index in [0.717, 1.165) is 10.9 Å². The first-order valence-electron chi connectivity index (χ1n) is 6.97. The van der Waals surface area contributed by atoms with Crippen molar-refractivity contribution >= 4 is 21.8 Å². The smallest absolute Gasteiger partial charge is 0.270 e. The second kappa shape index (κ2) is 7.43. The molecule has 21 heavy (non-hydrogen) atoms. The van der Waals surface area contributed by atoms with E-state index in [1.165, 1.54) is 5.56 Å². The molecule has 1 aromatic heterocycles. The van der Waals surface area contributed by atoms with Gasteiger partial charge >= 0.3 is 0 Å². The van der Waals surface area contributed by atoms with Crippen LogP contribution in [0.1, 0.15) is 16.1 Å². The molecule has 5 heteroatoms. The molecule has 2 rings (SSSR count). The second-order valence-electron chi connectivity index (χ2n) is 4.97. The number of nitrogens with two attached hydrogens (primary N) is 1. The minimum absolute atomic E-state index is 0.0181. The van der Waals surface area contributed by atoms with E-state index in [1.807, 2.05) is 47.0 Å². The summed E-state index contributed by atoms with van der Waals surface area (Å²) in [5.41, 5.74) is 7.54. The van der Waals surface area contributed by atoms with E-state index in [0.29, 0.717) is 25.3 Å². The van der Waals surface area contributed by atoms with Gasteiger partial charge in [-0.15, -0.1) is 0 Å². The van der Waals surface area contributed by atoms with Crippen LogP contribution in [0.2, 0.25) is 0 Å². The molecule has 0 atom stereocenters. The molecule has 0 aliphatic heterocycles. The van der Waals surface area contributed by atoms with Crippen LogP contribution in [0.5, 0.6) is 0 Å². The quantitative estimate of drug-likeness (QED) is 0.870. The average molecular weight is 350 g/mol. The van der Waals surface area contributed by atoms with Crippen LogP contribution in [0.15, 0.2) is 47.1 Å². The standard InChI is InChI=1S/C16H20BrN3O/c1-19-12-14(17)11-15(19)16(21)20(10-8-18)9-7-13-5-3-2-4-6-13/h2-6,11-12H,7-10,18H2,1H3. The summed E-state index contributed by atoms with van der Waals surface area (Å²) >= 11 is 3.40. The Morgan fingerprint density at radius 3 is 2.57 bits per heavy atom. The maximum Gasteiger partial charge on any atom is 0.270 e. The molecule has 0 fully saturated rings. The predicted molar refractivity (Wildman–Crippen MR) is 88.2 cm³/mol. The highest BCUT2D eigenvalue weighted by Gasteiger charge is 2.18. The fraction of sp³-hybridized carbons (Fsp3) is 0.312. The van der Waals surface area contributed by atoms with Crippen molar-refractivity contribution in [1.82, 2.24) is 9.47 Å². The number of rotatable bonds is 6. The fourth-order valence-electron chi connectivity index (χ4n) is 2.28. The van der Waals surface area contributed by atoms with Crippen molar-refractivity contribution in [3.63, 3.8) is 0 Å². The highest BCUT2D eigenvalue weighted by molar-refractivity contribution is 9.10. The van der Waals surface area contributed by atoms with Crippen molar-refractivity contribution in [3.8, 4) is 0 Å². The Kier molecular flexibility index (Phi) is 5.59. The van der Waals surface area contributed by atoms with Gasteiger partial charge in [-0.2, -0.15) is 0 Å². The van der Waals surface area contributed by atoms with E-state index in [4.69, 9.17) is 5.73 Å². The number of nitrogens with zero attached hydrogens (tertiary/aromatic N) is 2. The monoisotopic (exact) mass is 349 g/mol. The molecular formula is C16H20BrN3O. The lowest BCUT2D eigenvalue weighted by molar-refractivity contribution is 0.0752. The summed E-state index contributed by atoms with van der Waals surface area (Å²) in [7, 11) is 1.87. The van der Waals surface area contributed by atoms with Gasteiger partial charge in [0.1, 0.15) is 5.69 Å². The Balaban J connectivity index is 2.07. The third kappa shape index (κ3) is 4.19. The zero-order valence-electron chi connectivity index (χ0n) is 12.1. The third-order valence-electron chi connectivity index (χ3n) is 3.39. The van der Waals surface area contributed by atoms with Gasteiger partial charge in [-0.3, -0.25) is 4.79 Å². The Hall–Kier alpha value is -1.59. The molecule has 0 unspecified atom stereocenters. The molecule has 0 saturated heterocycles. The van der Waals surface area contributed by atoms with Crippen LogP contribution in [-0.4, -0.2) is 35.0 Å². The van der Waals surface area contributed by atoms with Gasteiger partial charge in [0.15, 0.2) is 0 Å². The zero-order valence-corrected chi connectivity index (χ0v) is 13.7. The maximum atomic E-state index is 12.6. The van der Waals surface area contributed by atoms with E-state index in [1.54, 1.807) is 0 Å². The molecule has 0 saturated carbocycles. The number of aromatic nitrogens is 1. The minimum atomic E-state index is 0.0181. The van der Waals surface area contributed by atoms with Crippen molar-refractivity contribution in [2.24, 2.45) is 12.8 Å². The van der Waals surface area contributed by atoms with E-state index < -0.39 is 0 Å². The molecule has 0 aliphatic rings. The number of hydrogen-bond acceptors (Lipinski definition) is 2. The van der Waals surface area contributed by atoms with Gasteiger partial charge < -0.3 is 15.2 Å². The van der Waals surface area contributed by atoms with Gasteiger partial charge in [0.25, 0.3) is 5.91 Å². The average Bonchev–Trinajstić information content (AvgIpc) is 2.82. The summed E-state index contributed by atoms with van der Waals surface area (Å²) in [5.74, 6) is 0.0181. The molecule has 0 radical (unpaired) electrons. The Bertz CT molecular complexity index is 595. The van der Waals surface area contributed by atoms with Gasteiger partial charge in [0.05, 0.1) is 0 Å². The van der Waals surface area contributed by atoms with Crippen LogP contribution >= 0.6 is 15.9 Å². The number of aryl methyl sites for hydroxylation is 1. The molecule has 1 aromatic carbocycles. The van der Waals surface area contributed by atoms with E-state index in [-0.39, 0.29) is 5.91 Å². The lowest BCUT2D eigenvalue weighted by Gasteiger charge is -2.22. The lowest BCUT2D eigenvalue weighted by atomic mass is 10.1. The van der Waals surface area contributed by atoms with Crippen molar-refractivity contribution < 1.29 is 4.79 Å². The number of halogens is 1. The van der Waals surface area contributed by atoms with Crippen molar-refractivity contribution in [2.45, 2.75) is 6.42 Å². The zero-order chi connectivity index (χ0) is 15.2. The summed E-state index contributed by atoms with van der Waals surface area (Å²) in [6.45, 7) is 1.70. The highest BCUT2D eigenvalue weighted by Crippen LogP contribution is 2.15. The van der Waals surface area contributed by atoms with E-state index >= 15 is 0 Å². The molecule has 0 aliphatic carbocycles. The highest BCUT2D eigenvalue weighted by atomic mass is 79.9. The van der Waals surface area contributed by atoms with Gasteiger partial charge in [0, 0.05) is 37.4 Å². The first-order chi connectivity index (χ1) is 10.1. The largest absolute Gasteiger partial charge is 0.345 e. The molecule has 0 spiro atoms. The summed E-state index contributed by atoms with van der Waals surface area (Å²) in [6, 6.07) is 12.0. The summed E-state index contributed by atoms with van der Waals surface area (Å²) in [5, 5.41) is 0. The Labute approximate surface area is 133 Å². The summed E-state index contributed by atoms with van der Waals surface area (Å²) in [4.78, 5) is 14.4. The molecular weight excluding hydrogens is 330 g/mol. The van der Waals surface area contributed by atoms with Gasteiger partial charge in [-0.1, -0.05) is 30.3 Å². The number of carbonyl (C=O) groups is 1. The Morgan fingerprint density at radius 2 is 2.00 bits per heavy atom. The molecule has 112 valence electrons. The van der Waals surface area contributed by atoms with Crippen molar-refractivity contribution in [2.75, 3.05) is 19.6 Å². The first-order valence-corrected chi connectivity index (χ1v) is 7.76. The van der Waals surface area contributed by atoms with Gasteiger partial charge in [-0.25, -0.2) is 0 Å². The molecule has 4 nitrogen and oxygen atoms in total. The number of amides is 1. The maximum absolute atomic E-state index is 12.6. The van der Waals surface area contributed by atoms with Crippen LogP contribution in [0, 0.1) is 0 Å². The predicted octanol–water partition coefficient (Wildman–Crippen LogP) is 2.43. The molecule has 2 aromatic rings. The topological polar surface area (TPSA) is 51.3 Å². The van der Waals surface area contributed by atoms with Crippen LogP contribution in [0.3, 0.4) is 0 Å². The molecule has 1 amide bonds. The summed E-state index contributed by atoms with van der Waals surface area (Å²) in [6.07, 6.45) is 2.71. The van der Waals surface area contributed by atoms with Crippen LogP contribution < -0.4 is 5.73 Å². The van der Waals surface area contributed by atoms with Crippen molar-refractivity contribution in [1.29, 1.82) is 0 Å². The van der Waals surface area contributed by atoms with Crippen LogP contribution in [0.25, 0.3) is 0 Å². The van der Waals surface area contributed by atoms with Gasteiger partial charge in [0.2, 0.25) is 0 Å². The minimum Gasteiger partial charge on any atom is -0.345 e. The lowest BCUT2D eigenvalue weighted by Crippen LogP contribution is -2.37. The van der Waals surface area contributed by atoms with E-state index in [2.05, 4.69) is 28.1 Å². The second-order valence-corrected chi connectivity index (χ2v) is 5.89. The molecule has 0 bridgehead atoms. The van der Waals surface area contributed by atoms with Crippen LogP contribution in [0.4, 0.5) is 0 Å². The Morgan fingerprint density at radius 1 is 1.29 bits per heavy atom. The number of hydrogen-bond donors (Lipinski definition) is 1. The third-order valence-corrected chi connectivity index (χ3v) is 3.82. The molecule has 2 N–H and O–H groups in total. The van der Waals surface area contributed by atoms with E-state index in [9.17, 15) is 4.79 Å². The van der Waals surface area contributed by atoms with Crippen molar-refractivity contribution in [3.05, 3.63) is 58.3 Å². The number of carbonyl (C=O) groups excluding carboxylic acids is 1. The molecule has 1 heterocycles. The SMILES string of the molecule is Cn1cc(Br)cc1C(=O)N(CCN)CCc1ccccc1.